The first-order valence-electron chi connectivity index (χ1n) is 10.2. The van der Waals surface area contributed by atoms with Crippen molar-refractivity contribution in [2.75, 3.05) is 20.1 Å². The van der Waals surface area contributed by atoms with Crippen molar-refractivity contribution in [2.45, 2.75) is 57.0 Å². The second-order valence-corrected chi connectivity index (χ2v) is 8.03. The fourth-order valence-corrected chi connectivity index (χ4v) is 4.88. The molecular weight excluding hydrogens is 320 g/mol. The molecular formula is C23H30N2O. The summed E-state index contributed by atoms with van der Waals surface area (Å²) < 4.78 is 0. The fraction of sp³-hybridized carbons (Fsp3) is 0.522. The zero-order valence-electron chi connectivity index (χ0n) is 15.9. The van der Waals surface area contributed by atoms with E-state index in [9.17, 15) is 4.79 Å². The van der Waals surface area contributed by atoms with E-state index >= 15 is 0 Å². The normalized spacial score (nSPS) is 24.0. The highest BCUT2D eigenvalue weighted by Gasteiger charge is 2.35. The second-order valence-electron chi connectivity index (χ2n) is 8.03. The molecule has 1 aliphatic carbocycles. The first kappa shape index (κ1) is 17.5. The number of likely N-dealkylation sites (N-methyl/N-ethyl adjacent to an activating group) is 1. The summed E-state index contributed by atoms with van der Waals surface area (Å²) in [5.74, 6) is 0.261. The average molecular weight is 351 g/mol. The van der Waals surface area contributed by atoms with Crippen LogP contribution in [0.15, 0.2) is 42.5 Å². The molecule has 1 saturated heterocycles. The van der Waals surface area contributed by atoms with E-state index in [0.29, 0.717) is 18.5 Å². The van der Waals surface area contributed by atoms with Gasteiger partial charge in [0.25, 0.3) is 0 Å². The molecule has 0 unspecified atom stereocenters. The number of fused-ring (bicyclic) bond motifs is 1. The minimum absolute atomic E-state index is 0.261. The summed E-state index contributed by atoms with van der Waals surface area (Å²) in [6.45, 7) is 2.43. The molecule has 0 bridgehead atoms. The molecule has 2 atom stereocenters. The molecule has 2 aromatic carbocycles. The SMILES string of the molecule is CN(C(=O)Cc1ccc2ccccc2c1)[C@H]1CCCC[C@H]1N1CCCC1. The van der Waals surface area contributed by atoms with Crippen LogP contribution in [-0.2, 0) is 11.2 Å². The Kier molecular flexibility index (Phi) is 5.26. The smallest absolute Gasteiger partial charge is 0.227 e. The van der Waals surface area contributed by atoms with Gasteiger partial charge in [0.2, 0.25) is 5.91 Å². The number of benzene rings is 2. The largest absolute Gasteiger partial charge is 0.341 e. The van der Waals surface area contributed by atoms with Gasteiger partial charge in [0.15, 0.2) is 0 Å². The third kappa shape index (κ3) is 3.64. The molecule has 26 heavy (non-hydrogen) atoms. The molecule has 1 aliphatic heterocycles. The van der Waals surface area contributed by atoms with Gasteiger partial charge in [-0.3, -0.25) is 9.69 Å². The standard InChI is InChI=1S/C23H30N2O/c1-24(21-10-4-5-11-22(21)25-14-6-7-15-25)23(26)17-18-12-13-19-8-2-3-9-20(19)16-18/h2-3,8-9,12-13,16,21-22H,4-7,10-11,14-15,17H2,1H3/t21-,22+/m0/s1. The van der Waals surface area contributed by atoms with Crippen LogP contribution >= 0.6 is 0 Å². The Morgan fingerprint density at radius 3 is 2.54 bits per heavy atom. The van der Waals surface area contributed by atoms with Crippen molar-refractivity contribution in [2.24, 2.45) is 0 Å². The number of likely N-dealkylation sites (tertiary alicyclic amines) is 1. The van der Waals surface area contributed by atoms with Gasteiger partial charge < -0.3 is 4.90 Å². The van der Waals surface area contributed by atoms with Crippen molar-refractivity contribution >= 4 is 16.7 Å². The van der Waals surface area contributed by atoms with Gasteiger partial charge in [0.1, 0.15) is 0 Å². The Hall–Kier alpha value is -1.87. The van der Waals surface area contributed by atoms with Crippen molar-refractivity contribution in [1.82, 2.24) is 9.80 Å². The molecule has 2 fully saturated rings. The Morgan fingerprint density at radius 2 is 1.73 bits per heavy atom. The summed E-state index contributed by atoms with van der Waals surface area (Å²) in [5, 5.41) is 2.45. The fourth-order valence-electron chi connectivity index (χ4n) is 4.88. The predicted molar refractivity (Wildman–Crippen MR) is 107 cm³/mol. The average Bonchev–Trinajstić information content (AvgIpc) is 3.22. The molecule has 138 valence electrons. The predicted octanol–water partition coefficient (Wildman–Crippen LogP) is 4.25. The molecule has 2 aromatic rings. The Balaban J connectivity index is 1.46. The third-order valence-electron chi connectivity index (χ3n) is 6.36. The molecule has 0 radical (unpaired) electrons. The summed E-state index contributed by atoms with van der Waals surface area (Å²) in [5.41, 5.74) is 1.12. The number of hydrogen-bond acceptors (Lipinski definition) is 2. The zero-order chi connectivity index (χ0) is 17.9. The van der Waals surface area contributed by atoms with Crippen molar-refractivity contribution in [3.05, 3.63) is 48.0 Å². The van der Waals surface area contributed by atoms with Gasteiger partial charge in [0, 0.05) is 19.1 Å². The van der Waals surface area contributed by atoms with Crippen LogP contribution in [0.3, 0.4) is 0 Å². The Bertz CT molecular complexity index is 766. The summed E-state index contributed by atoms with van der Waals surface area (Å²) in [6.07, 6.45) is 8.10. The van der Waals surface area contributed by atoms with E-state index in [2.05, 4.69) is 52.3 Å². The van der Waals surface area contributed by atoms with Crippen LogP contribution in [0.2, 0.25) is 0 Å². The topological polar surface area (TPSA) is 23.6 Å². The first-order chi connectivity index (χ1) is 12.7. The molecule has 3 nitrogen and oxygen atoms in total. The van der Waals surface area contributed by atoms with Crippen LogP contribution < -0.4 is 0 Å². The van der Waals surface area contributed by atoms with Gasteiger partial charge >= 0.3 is 0 Å². The Morgan fingerprint density at radius 1 is 1.00 bits per heavy atom. The van der Waals surface area contributed by atoms with E-state index < -0.39 is 0 Å². The highest BCUT2D eigenvalue weighted by Crippen LogP contribution is 2.29. The summed E-state index contributed by atoms with van der Waals surface area (Å²) in [4.78, 5) is 17.7. The molecule has 4 rings (SSSR count). The van der Waals surface area contributed by atoms with Gasteiger partial charge in [-0.2, -0.15) is 0 Å². The van der Waals surface area contributed by atoms with E-state index in [4.69, 9.17) is 0 Å². The maximum absolute atomic E-state index is 13.0. The first-order valence-corrected chi connectivity index (χ1v) is 10.2. The van der Waals surface area contributed by atoms with Crippen molar-refractivity contribution < 1.29 is 4.79 Å². The summed E-state index contributed by atoms with van der Waals surface area (Å²) in [6, 6.07) is 15.7. The van der Waals surface area contributed by atoms with Crippen LogP contribution in [0.1, 0.15) is 44.1 Å². The van der Waals surface area contributed by atoms with Crippen LogP contribution in [0.25, 0.3) is 10.8 Å². The highest BCUT2D eigenvalue weighted by atomic mass is 16.2. The lowest BCUT2D eigenvalue weighted by molar-refractivity contribution is -0.133. The summed E-state index contributed by atoms with van der Waals surface area (Å²) >= 11 is 0. The van der Waals surface area contributed by atoms with Crippen LogP contribution in [0.5, 0.6) is 0 Å². The van der Waals surface area contributed by atoms with E-state index in [1.807, 2.05) is 7.05 Å². The molecule has 1 saturated carbocycles. The van der Waals surface area contributed by atoms with E-state index in [0.717, 1.165) is 12.0 Å². The van der Waals surface area contributed by atoms with Gasteiger partial charge in [-0.25, -0.2) is 0 Å². The molecule has 1 heterocycles. The van der Waals surface area contributed by atoms with Gasteiger partial charge in [-0.15, -0.1) is 0 Å². The quantitative estimate of drug-likeness (QED) is 0.823. The van der Waals surface area contributed by atoms with Crippen molar-refractivity contribution in [3.63, 3.8) is 0 Å². The maximum Gasteiger partial charge on any atom is 0.227 e. The highest BCUT2D eigenvalue weighted by molar-refractivity contribution is 5.85. The van der Waals surface area contributed by atoms with Gasteiger partial charge in [-0.05, 0) is 55.1 Å². The van der Waals surface area contributed by atoms with Crippen LogP contribution in [-0.4, -0.2) is 47.9 Å². The molecule has 3 heteroatoms. The zero-order valence-corrected chi connectivity index (χ0v) is 15.9. The number of carbonyl (C=O) groups excluding carboxylic acids is 1. The van der Waals surface area contributed by atoms with Crippen molar-refractivity contribution in [1.29, 1.82) is 0 Å². The van der Waals surface area contributed by atoms with Crippen LogP contribution in [0.4, 0.5) is 0 Å². The number of hydrogen-bond donors (Lipinski definition) is 0. The lowest BCUT2D eigenvalue weighted by Crippen LogP contribution is -2.53. The number of carbonyl (C=O) groups is 1. The number of nitrogens with zero attached hydrogens (tertiary/aromatic N) is 2. The number of rotatable bonds is 4. The van der Waals surface area contributed by atoms with Crippen LogP contribution in [0, 0.1) is 0 Å². The minimum atomic E-state index is 0.261. The lowest BCUT2D eigenvalue weighted by Gasteiger charge is -2.42. The second kappa shape index (κ2) is 7.79. The van der Waals surface area contributed by atoms with Crippen molar-refractivity contribution in [3.8, 4) is 0 Å². The Labute approximate surface area is 157 Å². The van der Waals surface area contributed by atoms with Gasteiger partial charge in [-0.1, -0.05) is 55.3 Å². The third-order valence-corrected chi connectivity index (χ3v) is 6.36. The van der Waals surface area contributed by atoms with E-state index in [1.54, 1.807) is 0 Å². The summed E-state index contributed by atoms with van der Waals surface area (Å²) in [7, 11) is 2.03. The van der Waals surface area contributed by atoms with Gasteiger partial charge in [0.05, 0.1) is 6.42 Å². The lowest BCUT2D eigenvalue weighted by atomic mass is 9.88. The molecule has 0 aromatic heterocycles. The van der Waals surface area contributed by atoms with E-state index in [1.165, 1.54) is 56.0 Å². The maximum atomic E-state index is 13.0. The monoisotopic (exact) mass is 350 g/mol. The van der Waals surface area contributed by atoms with E-state index in [-0.39, 0.29) is 5.91 Å². The molecule has 0 N–H and O–H groups in total. The number of amides is 1. The molecule has 1 amide bonds. The molecule has 2 aliphatic rings. The molecule has 0 spiro atoms. The minimum Gasteiger partial charge on any atom is -0.341 e.